The largest absolute Gasteiger partial charge is 0.463 e. The van der Waals surface area contributed by atoms with Crippen molar-refractivity contribution in [2.75, 3.05) is 46.4 Å². The number of hydrogen-bond donors (Lipinski definition) is 2. The lowest BCUT2D eigenvalue weighted by atomic mass is 9.90. The monoisotopic (exact) mass is 511 g/mol. The van der Waals surface area contributed by atoms with Gasteiger partial charge in [-0.3, -0.25) is 9.80 Å². The molecule has 3 rings (SSSR count). The van der Waals surface area contributed by atoms with Crippen LogP contribution < -0.4 is 10.6 Å². The molecule has 1 atom stereocenters. The van der Waals surface area contributed by atoms with Crippen LogP contribution in [0.1, 0.15) is 37.9 Å². The van der Waals surface area contributed by atoms with Gasteiger partial charge in [-0.05, 0) is 32.4 Å². The van der Waals surface area contributed by atoms with E-state index >= 15 is 0 Å². The zero-order chi connectivity index (χ0) is 26.6. The van der Waals surface area contributed by atoms with Crippen molar-refractivity contribution in [1.29, 1.82) is 0 Å². The van der Waals surface area contributed by atoms with Crippen LogP contribution in [0.5, 0.6) is 0 Å². The maximum Gasteiger partial charge on any atom is 0.416 e. The topological polar surface area (TPSA) is 94.2 Å². The van der Waals surface area contributed by atoms with Crippen molar-refractivity contribution in [1.82, 2.24) is 25.3 Å². The molecule has 4 amide bonds. The van der Waals surface area contributed by atoms with Gasteiger partial charge in [-0.25, -0.2) is 14.4 Å². The Morgan fingerprint density at radius 2 is 1.81 bits per heavy atom. The second-order valence-corrected chi connectivity index (χ2v) is 8.97. The zero-order valence-electron chi connectivity index (χ0n) is 20.8. The minimum Gasteiger partial charge on any atom is -0.463 e. The molecule has 0 aromatic heterocycles. The fourth-order valence-electron chi connectivity index (χ4n) is 4.30. The standard InChI is InChI=1S/C24H32F3N5O4/c1-5-36-21(33)19-18(14-31-10-12-32(13-11-31)23(35)28-15(2)3)30(4)22(34)29-20(19)16-8-6-7-9-17(16)24(25,26)27/h6-9,15,20H,5,10-14H2,1-4H3,(H,28,35)(H,29,34). The molecular formula is C24H32F3N5O4. The number of urea groups is 2. The molecule has 0 bridgehead atoms. The van der Waals surface area contributed by atoms with Crippen LogP contribution in [0, 0.1) is 0 Å². The van der Waals surface area contributed by atoms with Crippen molar-refractivity contribution >= 4 is 18.0 Å². The summed E-state index contributed by atoms with van der Waals surface area (Å²) in [6.45, 7) is 7.27. The van der Waals surface area contributed by atoms with E-state index in [9.17, 15) is 27.6 Å². The van der Waals surface area contributed by atoms with Gasteiger partial charge in [0.2, 0.25) is 0 Å². The van der Waals surface area contributed by atoms with Gasteiger partial charge >= 0.3 is 24.2 Å². The third-order valence-corrected chi connectivity index (χ3v) is 6.09. The van der Waals surface area contributed by atoms with Gasteiger partial charge in [0.15, 0.2) is 0 Å². The number of benzene rings is 1. The van der Waals surface area contributed by atoms with Crippen molar-refractivity contribution in [3.05, 3.63) is 46.7 Å². The Kier molecular flexibility index (Phi) is 8.49. The molecule has 2 aliphatic rings. The number of hydrogen-bond acceptors (Lipinski definition) is 5. The summed E-state index contributed by atoms with van der Waals surface area (Å²) in [5, 5.41) is 5.38. The summed E-state index contributed by atoms with van der Waals surface area (Å²) in [7, 11) is 1.46. The number of nitrogens with one attached hydrogen (secondary N) is 2. The zero-order valence-corrected chi connectivity index (χ0v) is 20.8. The van der Waals surface area contributed by atoms with Crippen LogP contribution in [-0.4, -0.2) is 85.2 Å². The van der Waals surface area contributed by atoms with Crippen LogP contribution in [-0.2, 0) is 15.7 Å². The summed E-state index contributed by atoms with van der Waals surface area (Å²) in [5.41, 5.74) is -0.956. The van der Waals surface area contributed by atoms with Gasteiger partial charge in [0.05, 0.1) is 23.8 Å². The molecular weight excluding hydrogens is 479 g/mol. The third kappa shape index (κ3) is 6.10. The fraction of sp³-hybridized carbons (Fsp3) is 0.542. The van der Waals surface area contributed by atoms with Crippen molar-refractivity contribution < 1.29 is 32.3 Å². The lowest BCUT2D eigenvalue weighted by Gasteiger charge is -2.40. The molecule has 1 fully saturated rings. The highest BCUT2D eigenvalue weighted by Gasteiger charge is 2.42. The lowest BCUT2D eigenvalue weighted by Crippen LogP contribution is -2.55. The van der Waals surface area contributed by atoms with E-state index in [1.54, 1.807) is 11.8 Å². The van der Waals surface area contributed by atoms with Crippen molar-refractivity contribution in [3.8, 4) is 0 Å². The molecule has 0 spiro atoms. The molecule has 198 valence electrons. The normalized spacial score (nSPS) is 19.4. The number of amides is 4. The summed E-state index contributed by atoms with van der Waals surface area (Å²) in [5.74, 6) is -0.795. The molecule has 2 N–H and O–H groups in total. The number of ether oxygens (including phenoxy) is 1. The Balaban J connectivity index is 1.96. The van der Waals surface area contributed by atoms with Crippen LogP contribution >= 0.6 is 0 Å². The van der Waals surface area contributed by atoms with E-state index in [1.807, 2.05) is 18.7 Å². The summed E-state index contributed by atoms with van der Waals surface area (Å²) in [6.07, 6.45) is -4.68. The van der Waals surface area contributed by atoms with Crippen LogP contribution in [0.15, 0.2) is 35.5 Å². The van der Waals surface area contributed by atoms with Crippen molar-refractivity contribution in [2.45, 2.75) is 39.0 Å². The summed E-state index contributed by atoms with van der Waals surface area (Å²) in [4.78, 5) is 43.1. The highest BCUT2D eigenvalue weighted by Crippen LogP contribution is 2.39. The highest BCUT2D eigenvalue weighted by molar-refractivity contribution is 5.95. The minimum absolute atomic E-state index is 0.00117. The average molecular weight is 512 g/mol. The fourth-order valence-corrected chi connectivity index (χ4v) is 4.30. The summed E-state index contributed by atoms with van der Waals surface area (Å²) >= 11 is 0. The van der Waals surface area contributed by atoms with E-state index in [-0.39, 0.29) is 42.1 Å². The van der Waals surface area contributed by atoms with E-state index in [4.69, 9.17) is 4.74 Å². The average Bonchev–Trinajstić information content (AvgIpc) is 2.81. The van der Waals surface area contributed by atoms with E-state index in [0.29, 0.717) is 26.2 Å². The number of esters is 1. The maximum atomic E-state index is 13.8. The van der Waals surface area contributed by atoms with Gasteiger partial charge in [-0.1, -0.05) is 18.2 Å². The Bertz CT molecular complexity index is 1020. The highest BCUT2D eigenvalue weighted by atomic mass is 19.4. The van der Waals surface area contributed by atoms with Crippen LogP contribution in [0.2, 0.25) is 0 Å². The number of nitrogens with zero attached hydrogens (tertiary/aromatic N) is 3. The van der Waals surface area contributed by atoms with Crippen LogP contribution in [0.3, 0.4) is 0 Å². The molecule has 0 aliphatic carbocycles. The van der Waals surface area contributed by atoms with Gasteiger partial charge in [0, 0.05) is 51.5 Å². The number of carbonyl (C=O) groups is 3. The second-order valence-electron chi connectivity index (χ2n) is 8.97. The Hall–Kier alpha value is -3.28. The first-order chi connectivity index (χ1) is 16.9. The molecule has 2 aliphatic heterocycles. The number of carbonyl (C=O) groups excluding carboxylic acids is 3. The number of alkyl halides is 3. The number of piperazine rings is 1. The Morgan fingerprint density at radius 1 is 1.17 bits per heavy atom. The molecule has 0 saturated carbocycles. The van der Waals surface area contributed by atoms with Gasteiger partial charge in [-0.2, -0.15) is 13.2 Å². The molecule has 9 nitrogen and oxygen atoms in total. The SMILES string of the molecule is CCOC(=O)C1=C(CN2CCN(C(=O)NC(C)C)CC2)N(C)C(=O)NC1c1ccccc1C(F)(F)F. The van der Waals surface area contributed by atoms with Gasteiger partial charge in [0.1, 0.15) is 0 Å². The molecule has 1 unspecified atom stereocenters. The van der Waals surface area contributed by atoms with Gasteiger partial charge < -0.3 is 20.3 Å². The molecule has 36 heavy (non-hydrogen) atoms. The number of likely N-dealkylation sites (N-methyl/N-ethyl adjacent to an activating group) is 1. The molecule has 12 heteroatoms. The van der Waals surface area contributed by atoms with E-state index < -0.39 is 29.8 Å². The maximum absolute atomic E-state index is 13.8. The van der Waals surface area contributed by atoms with E-state index in [1.165, 1.54) is 30.1 Å². The molecule has 1 aromatic carbocycles. The second kappa shape index (κ2) is 11.2. The minimum atomic E-state index is -4.68. The first-order valence-corrected chi connectivity index (χ1v) is 11.8. The molecule has 1 aromatic rings. The quantitative estimate of drug-likeness (QED) is 0.573. The summed E-state index contributed by atoms with van der Waals surface area (Å²) in [6, 6.07) is 2.72. The first kappa shape index (κ1) is 27.3. The van der Waals surface area contributed by atoms with E-state index in [2.05, 4.69) is 10.6 Å². The van der Waals surface area contributed by atoms with Gasteiger partial charge in [0.25, 0.3) is 0 Å². The van der Waals surface area contributed by atoms with Crippen LogP contribution in [0.25, 0.3) is 0 Å². The molecule has 2 heterocycles. The third-order valence-electron chi connectivity index (χ3n) is 6.09. The Morgan fingerprint density at radius 3 is 2.39 bits per heavy atom. The number of rotatable bonds is 6. The van der Waals surface area contributed by atoms with Gasteiger partial charge in [-0.15, -0.1) is 0 Å². The smallest absolute Gasteiger partial charge is 0.416 e. The van der Waals surface area contributed by atoms with Crippen molar-refractivity contribution in [3.63, 3.8) is 0 Å². The van der Waals surface area contributed by atoms with Crippen molar-refractivity contribution in [2.24, 2.45) is 0 Å². The number of halogens is 3. The Labute approximate surface area is 208 Å². The van der Waals surface area contributed by atoms with E-state index in [0.717, 1.165) is 6.07 Å². The van der Waals surface area contributed by atoms with Crippen LogP contribution in [0.4, 0.5) is 22.8 Å². The summed E-state index contributed by atoms with van der Waals surface area (Å²) < 4.78 is 46.6. The lowest BCUT2D eigenvalue weighted by molar-refractivity contribution is -0.141. The first-order valence-electron chi connectivity index (χ1n) is 11.8. The predicted molar refractivity (Wildman–Crippen MR) is 126 cm³/mol. The molecule has 1 saturated heterocycles. The molecule has 0 radical (unpaired) electrons. The predicted octanol–water partition coefficient (Wildman–Crippen LogP) is 2.95.